The molecule has 28 heavy (non-hydrogen) atoms. The van der Waals surface area contributed by atoms with E-state index in [4.69, 9.17) is 14.0 Å². The van der Waals surface area contributed by atoms with Gasteiger partial charge in [0.05, 0.1) is 12.7 Å². The van der Waals surface area contributed by atoms with E-state index in [1.54, 1.807) is 48.5 Å². The highest BCUT2D eigenvalue weighted by Crippen LogP contribution is 2.21. The summed E-state index contributed by atoms with van der Waals surface area (Å²) in [7, 11) is 1.58. The maximum atomic E-state index is 12.2. The maximum absolute atomic E-state index is 12.2. The van der Waals surface area contributed by atoms with Crippen LogP contribution in [0.2, 0.25) is 0 Å². The van der Waals surface area contributed by atoms with Gasteiger partial charge in [-0.25, -0.2) is 14.5 Å². The number of methoxy groups -OCH3 is 1. The number of carbonyl (C=O) groups is 1. The fraction of sp³-hybridized carbons (Fsp3) is 0.105. The molecule has 9 nitrogen and oxygen atoms in total. The first-order valence-electron chi connectivity index (χ1n) is 8.33. The molecule has 0 amide bonds. The van der Waals surface area contributed by atoms with Crippen LogP contribution in [0.15, 0.2) is 65.6 Å². The van der Waals surface area contributed by atoms with Gasteiger partial charge in [0.2, 0.25) is 5.82 Å². The largest absolute Gasteiger partial charge is 0.497 e. The molecule has 0 saturated carbocycles. The molecule has 0 bridgehead atoms. The first-order valence-corrected chi connectivity index (χ1v) is 8.33. The van der Waals surface area contributed by atoms with Crippen LogP contribution in [0.5, 0.6) is 5.75 Å². The number of rotatable bonds is 6. The normalized spacial score (nSPS) is 10.6. The molecule has 0 unspecified atom stereocenters. The summed E-state index contributed by atoms with van der Waals surface area (Å²) < 4.78 is 17.1. The molecule has 0 fully saturated rings. The van der Waals surface area contributed by atoms with E-state index in [1.807, 2.05) is 18.2 Å². The maximum Gasteiger partial charge on any atom is 0.340 e. The first-order chi connectivity index (χ1) is 13.7. The van der Waals surface area contributed by atoms with Crippen LogP contribution in [0.25, 0.3) is 17.2 Å². The second-order valence-electron chi connectivity index (χ2n) is 5.68. The summed E-state index contributed by atoms with van der Waals surface area (Å²) in [5.41, 5.74) is 1.04. The minimum Gasteiger partial charge on any atom is -0.497 e. The third-order valence-corrected chi connectivity index (χ3v) is 3.85. The third-order valence-electron chi connectivity index (χ3n) is 3.85. The van der Waals surface area contributed by atoms with Gasteiger partial charge in [0.15, 0.2) is 12.4 Å². The number of hydrogen-bond acceptors (Lipinski definition) is 8. The number of ether oxygens (including phenoxy) is 2. The van der Waals surface area contributed by atoms with Gasteiger partial charge in [0.1, 0.15) is 5.75 Å². The van der Waals surface area contributed by atoms with Crippen LogP contribution in [0.4, 0.5) is 0 Å². The average Bonchev–Trinajstić information content (AvgIpc) is 3.44. The van der Waals surface area contributed by atoms with Crippen LogP contribution in [-0.2, 0) is 11.3 Å². The molecule has 4 rings (SSSR count). The molecule has 4 aromatic rings. The van der Waals surface area contributed by atoms with Gasteiger partial charge in [0, 0.05) is 24.2 Å². The second kappa shape index (κ2) is 7.70. The molecule has 0 radical (unpaired) electrons. The third kappa shape index (κ3) is 3.73. The van der Waals surface area contributed by atoms with Crippen LogP contribution < -0.4 is 4.74 Å². The van der Waals surface area contributed by atoms with Gasteiger partial charge in [-0.15, -0.1) is 0 Å². The number of carbonyl (C=O) groups excluding carboxylic acids is 1. The standard InChI is InChI=1S/C19H15N5O4/c1-26-15-5-2-4-13(10-15)18-22-17(28-23-18)12-27-19(25)14-6-7-16(20-11-14)24-9-3-8-21-24/h2-11H,12H2,1H3. The van der Waals surface area contributed by atoms with E-state index >= 15 is 0 Å². The molecule has 0 spiro atoms. The van der Waals surface area contributed by atoms with E-state index in [1.165, 1.54) is 6.20 Å². The number of nitrogens with zero attached hydrogens (tertiary/aromatic N) is 5. The van der Waals surface area contributed by atoms with Crippen molar-refractivity contribution in [1.82, 2.24) is 24.9 Å². The highest BCUT2D eigenvalue weighted by molar-refractivity contribution is 5.89. The number of benzene rings is 1. The zero-order valence-electron chi connectivity index (χ0n) is 14.8. The van der Waals surface area contributed by atoms with E-state index in [2.05, 4.69) is 20.2 Å². The van der Waals surface area contributed by atoms with Gasteiger partial charge < -0.3 is 14.0 Å². The van der Waals surface area contributed by atoms with Gasteiger partial charge in [-0.2, -0.15) is 10.1 Å². The molecular weight excluding hydrogens is 362 g/mol. The molecule has 1 aromatic carbocycles. The summed E-state index contributed by atoms with van der Waals surface area (Å²) in [6.07, 6.45) is 4.83. The van der Waals surface area contributed by atoms with Gasteiger partial charge in [-0.05, 0) is 30.3 Å². The topological polar surface area (TPSA) is 105 Å². The Bertz CT molecular complexity index is 1070. The van der Waals surface area contributed by atoms with E-state index in [0.717, 1.165) is 5.56 Å². The Balaban J connectivity index is 1.39. The molecule has 140 valence electrons. The minimum atomic E-state index is -0.541. The zero-order valence-corrected chi connectivity index (χ0v) is 14.8. The van der Waals surface area contributed by atoms with Crippen molar-refractivity contribution in [3.05, 3.63) is 72.5 Å². The molecule has 3 aromatic heterocycles. The van der Waals surface area contributed by atoms with E-state index in [-0.39, 0.29) is 12.5 Å². The Morgan fingerprint density at radius 2 is 2.14 bits per heavy atom. The fourth-order valence-corrected chi connectivity index (χ4v) is 2.45. The molecule has 3 heterocycles. The van der Waals surface area contributed by atoms with Crippen LogP contribution in [-0.4, -0.2) is 38.0 Å². The molecular formula is C19H15N5O4. The number of pyridine rings is 1. The molecule has 0 saturated heterocycles. The summed E-state index contributed by atoms with van der Waals surface area (Å²) >= 11 is 0. The summed E-state index contributed by atoms with van der Waals surface area (Å²) in [5.74, 6) is 1.31. The van der Waals surface area contributed by atoms with Crippen LogP contribution in [0.3, 0.4) is 0 Å². The Kier molecular flexibility index (Phi) is 4.79. The molecule has 0 atom stereocenters. The van der Waals surface area contributed by atoms with Crippen molar-refractivity contribution in [3.63, 3.8) is 0 Å². The second-order valence-corrected chi connectivity index (χ2v) is 5.68. The molecule has 0 aliphatic rings. The molecule has 0 N–H and O–H groups in total. The summed E-state index contributed by atoms with van der Waals surface area (Å²) in [5, 5.41) is 7.98. The lowest BCUT2D eigenvalue weighted by molar-refractivity contribution is 0.0429. The van der Waals surface area contributed by atoms with Gasteiger partial charge >= 0.3 is 5.97 Å². The predicted molar refractivity (Wildman–Crippen MR) is 96.8 cm³/mol. The fourth-order valence-electron chi connectivity index (χ4n) is 2.45. The van der Waals surface area contributed by atoms with E-state index in [0.29, 0.717) is 23.0 Å². The Morgan fingerprint density at radius 3 is 2.89 bits per heavy atom. The highest BCUT2D eigenvalue weighted by Gasteiger charge is 2.13. The number of esters is 1. The average molecular weight is 377 g/mol. The molecule has 0 aliphatic heterocycles. The zero-order chi connectivity index (χ0) is 19.3. The summed E-state index contributed by atoms with van der Waals surface area (Å²) in [4.78, 5) is 20.6. The predicted octanol–water partition coefficient (Wildman–Crippen LogP) is 2.68. The van der Waals surface area contributed by atoms with Crippen LogP contribution in [0.1, 0.15) is 16.2 Å². The monoisotopic (exact) mass is 377 g/mol. The smallest absolute Gasteiger partial charge is 0.340 e. The highest BCUT2D eigenvalue weighted by atomic mass is 16.6. The van der Waals surface area contributed by atoms with E-state index in [9.17, 15) is 4.79 Å². The van der Waals surface area contributed by atoms with Crippen molar-refractivity contribution in [2.45, 2.75) is 6.61 Å². The van der Waals surface area contributed by atoms with Crippen LogP contribution in [0, 0.1) is 0 Å². The van der Waals surface area contributed by atoms with E-state index < -0.39 is 5.97 Å². The number of aromatic nitrogens is 5. The van der Waals surface area contributed by atoms with Crippen molar-refractivity contribution in [2.75, 3.05) is 7.11 Å². The lowest BCUT2D eigenvalue weighted by atomic mass is 10.2. The number of hydrogen-bond donors (Lipinski definition) is 0. The van der Waals surface area contributed by atoms with Gasteiger partial charge in [-0.1, -0.05) is 17.3 Å². The SMILES string of the molecule is COc1cccc(-c2noc(COC(=O)c3ccc(-n4cccn4)nc3)n2)c1. The van der Waals surface area contributed by atoms with Crippen molar-refractivity contribution < 1.29 is 18.8 Å². The van der Waals surface area contributed by atoms with Crippen molar-refractivity contribution in [2.24, 2.45) is 0 Å². The molecule has 0 aliphatic carbocycles. The lowest BCUT2D eigenvalue weighted by Crippen LogP contribution is -2.07. The minimum absolute atomic E-state index is 0.142. The summed E-state index contributed by atoms with van der Waals surface area (Å²) in [6, 6.07) is 12.3. The first kappa shape index (κ1) is 17.4. The Hall–Kier alpha value is -4.01. The van der Waals surface area contributed by atoms with Crippen molar-refractivity contribution in [3.8, 4) is 23.0 Å². The van der Waals surface area contributed by atoms with Crippen LogP contribution >= 0.6 is 0 Å². The van der Waals surface area contributed by atoms with Crippen molar-refractivity contribution in [1.29, 1.82) is 0 Å². The quantitative estimate of drug-likeness (QED) is 0.472. The van der Waals surface area contributed by atoms with Gasteiger partial charge in [0.25, 0.3) is 5.89 Å². The summed E-state index contributed by atoms with van der Waals surface area (Å²) in [6.45, 7) is -0.142. The molecule has 9 heteroatoms. The van der Waals surface area contributed by atoms with Crippen molar-refractivity contribution >= 4 is 5.97 Å². The van der Waals surface area contributed by atoms with Gasteiger partial charge in [-0.3, -0.25) is 0 Å². The lowest BCUT2D eigenvalue weighted by Gasteiger charge is -2.03. The Morgan fingerprint density at radius 1 is 1.21 bits per heavy atom. The Labute approximate surface area is 159 Å².